The summed E-state index contributed by atoms with van der Waals surface area (Å²) >= 11 is 0. The summed E-state index contributed by atoms with van der Waals surface area (Å²) in [4.78, 5) is 2.62. The Balaban J connectivity index is 1.44. The van der Waals surface area contributed by atoms with Crippen LogP contribution in [0.5, 0.6) is 0 Å². The summed E-state index contributed by atoms with van der Waals surface area (Å²) in [5.41, 5.74) is 5.74. The van der Waals surface area contributed by atoms with E-state index in [1.54, 1.807) is 12.1 Å². The van der Waals surface area contributed by atoms with Crippen LogP contribution in [0.1, 0.15) is 40.8 Å². The lowest BCUT2D eigenvalue weighted by atomic mass is 10.0. The van der Waals surface area contributed by atoms with Gasteiger partial charge < -0.3 is 4.57 Å². The quantitative estimate of drug-likeness (QED) is 0.545. The van der Waals surface area contributed by atoms with E-state index in [9.17, 15) is 13.2 Å². The summed E-state index contributed by atoms with van der Waals surface area (Å²) in [5, 5.41) is 1.35. The number of fused-ring (bicyclic) bond motifs is 3. The first-order valence-corrected chi connectivity index (χ1v) is 10.4. The molecule has 2 nitrogen and oxygen atoms in total. The predicted molar refractivity (Wildman–Crippen MR) is 109 cm³/mol. The van der Waals surface area contributed by atoms with Crippen LogP contribution in [0.2, 0.25) is 0 Å². The first kappa shape index (κ1) is 18.7. The van der Waals surface area contributed by atoms with Gasteiger partial charge in [0.05, 0.1) is 5.56 Å². The van der Waals surface area contributed by atoms with E-state index >= 15 is 0 Å². The summed E-state index contributed by atoms with van der Waals surface area (Å²) in [6.45, 7) is 5.05. The van der Waals surface area contributed by atoms with Crippen molar-refractivity contribution >= 4 is 10.9 Å². The second-order valence-corrected chi connectivity index (χ2v) is 8.49. The first-order valence-electron chi connectivity index (χ1n) is 10.4. The van der Waals surface area contributed by atoms with E-state index in [0.29, 0.717) is 0 Å². The molecule has 29 heavy (non-hydrogen) atoms. The van der Waals surface area contributed by atoms with Gasteiger partial charge in [-0.15, -0.1) is 0 Å². The van der Waals surface area contributed by atoms with E-state index in [1.807, 2.05) is 0 Å². The Hall–Kier alpha value is -2.27. The van der Waals surface area contributed by atoms with Crippen LogP contribution >= 0.6 is 0 Å². The van der Waals surface area contributed by atoms with Crippen LogP contribution in [0, 0.1) is 6.92 Å². The Labute approximate surface area is 168 Å². The predicted octanol–water partition coefficient (Wildman–Crippen LogP) is 5.73. The average molecular weight is 398 g/mol. The summed E-state index contributed by atoms with van der Waals surface area (Å²) in [5.74, 6) is 0. The van der Waals surface area contributed by atoms with Crippen molar-refractivity contribution in [2.45, 2.75) is 57.9 Å². The van der Waals surface area contributed by atoms with Gasteiger partial charge in [0.1, 0.15) is 0 Å². The van der Waals surface area contributed by atoms with Crippen LogP contribution in [0.3, 0.4) is 0 Å². The number of aryl methyl sites for hydroxylation is 3. The van der Waals surface area contributed by atoms with Crippen molar-refractivity contribution in [3.8, 4) is 0 Å². The lowest BCUT2D eigenvalue weighted by Crippen LogP contribution is -2.32. The molecule has 2 aromatic carbocycles. The molecule has 0 bridgehead atoms. The van der Waals surface area contributed by atoms with Gasteiger partial charge in [-0.25, -0.2) is 0 Å². The highest BCUT2D eigenvalue weighted by Crippen LogP contribution is 2.36. The zero-order valence-corrected chi connectivity index (χ0v) is 16.6. The third-order valence-electron chi connectivity index (χ3n) is 6.41. The van der Waals surface area contributed by atoms with Gasteiger partial charge in [-0.1, -0.05) is 23.8 Å². The van der Waals surface area contributed by atoms with Crippen molar-refractivity contribution < 1.29 is 13.2 Å². The Bertz CT molecular complexity index is 1040. The number of rotatable bonds is 4. The Morgan fingerprint density at radius 2 is 1.79 bits per heavy atom. The van der Waals surface area contributed by atoms with Crippen LogP contribution in [-0.2, 0) is 32.1 Å². The molecule has 5 heteroatoms. The molecule has 0 amide bonds. The van der Waals surface area contributed by atoms with E-state index in [4.69, 9.17) is 0 Å². The molecule has 152 valence electrons. The number of benzene rings is 2. The largest absolute Gasteiger partial charge is 0.416 e. The minimum absolute atomic E-state index is 0.583. The van der Waals surface area contributed by atoms with Gasteiger partial charge in [-0.3, -0.25) is 4.90 Å². The number of hydrogen-bond acceptors (Lipinski definition) is 1. The lowest BCUT2D eigenvalue weighted by molar-refractivity contribution is -0.137. The fourth-order valence-corrected chi connectivity index (χ4v) is 4.69. The van der Waals surface area contributed by atoms with Gasteiger partial charge in [0.25, 0.3) is 0 Å². The lowest BCUT2D eigenvalue weighted by Gasteiger charge is -2.28. The number of nitrogens with zero attached hydrogens (tertiary/aromatic N) is 2. The minimum atomic E-state index is -4.28. The molecule has 1 aromatic heterocycles. The van der Waals surface area contributed by atoms with Gasteiger partial charge in [-0.2, -0.15) is 13.2 Å². The van der Waals surface area contributed by atoms with Gasteiger partial charge in [0, 0.05) is 48.7 Å². The van der Waals surface area contributed by atoms with Gasteiger partial charge in [-0.05, 0) is 61.6 Å². The molecule has 0 saturated heterocycles. The molecule has 1 aliphatic carbocycles. The maximum Gasteiger partial charge on any atom is 0.416 e. The number of alkyl halides is 3. The molecule has 1 saturated carbocycles. The van der Waals surface area contributed by atoms with E-state index in [2.05, 4.69) is 34.6 Å². The fourth-order valence-electron chi connectivity index (χ4n) is 4.69. The molecule has 5 rings (SSSR count). The third-order valence-corrected chi connectivity index (χ3v) is 6.41. The van der Waals surface area contributed by atoms with E-state index in [-0.39, 0.29) is 0 Å². The van der Waals surface area contributed by atoms with Crippen molar-refractivity contribution in [3.05, 3.63) is 70.4 Å². The maximum absolute atomic E-state index is 12.8. The molecular weight excluding hydrogens is 373 g/mol. The smallest absolute Gasteiger partial charge is 0.344 e. The Kier molecular flexibility index (Phi) is 4.46. The summed E-state index contributed by atoms with van der Waals surface area (Å²) in [7, 11) is 0. The topological polar surface area (TPSA) is 8.17 Å². The molecule has 1 fully saturated rings. The zero-order valence-electron chi connectivity index (χ0n) is 16.6. The van der Waals surface area contributed by atoms with Crippen molar-refractivity contribution in [3.63, 3.8) is 0 Å². The molecule has 0 atom stereocenters. The summed E-state index contributed by atoms with van der Waals surface area (Å²) < 4.78 is 40.8. The minimum Gasteiger partial charge on any atom is -0.344 e. The first-order chi connectivity index (χ1) is 13.9. The van der Waals surface area contributed by atoms with E-state index in [1.165, 1.54) is 52.7 Å². The molecule has 1 aliphatic heterocycles. The standard InChI is InChI=1S/C24H25F3N2/c1-16-2-9-22-20(14-16)21-15-28(19-7-8-19)12-11-23(21)29(22)13-10-17-3-5-18(6-4-17)24(25,26)27/h2-6,9,14,19H,7-8,10-13,15H2,1H3. The molecule has 0 unspecified atom stereocenters. The van der Waals surface area contributed by atoms with Crippen LogP contribution in [-0.4, -0.2) is 22.1 Å². The summed E-state index contributed by atoms with van der Waals surface area (Å²) in [6, 6.07) is 13.0. The van der Waals surface area contributed by atoms with Crippen LogP contribution in [0.15, 0.2) is 42.5 Å². The maximum atomic E-state index is 12.8. The highest BCUT2D eigenvalue weighted by atomic mass is 19.4. The number of halogens is 3. The Morgan fingerprint density at radius 3 is 2.48 bits per heavy atom. The highest BCUT2D eigenvalue weighted by Gasteiger charge is 2.33. The van der Waals surface area contributed by atoms with Gasteiger partial charge >= 0.3 is 6.18 Å². The normalized spacial score (nSPS) is 17.7. The number of aromatic nitrogens is 1. The highest BCUT2D eigenvalue weighted by molar-refractivity contribution is 5.86. The summed E-state index contributed by atoms with van der Waals surface area (Å²) in [6.07, 6.45) is 0.141. The number of hydrogen-bond donors (Lipinski definition) is 0. The molecule has 0 N–H and O–H groups in total. The second-order valence-electron chi connectivity index (χ2n) is 8.49. The van der Waals surface area contributed by atoms with Gasteiger partial charge in [0.15, 0.2) is 0 Å². The SMILES string of the molecule is Cc1ccc2c(c1)c1c(n2CCc2ccc(C(F)(F)F)cc2)CCN(C2CC2)C1. The average Bonchev–Trinajstić information content (AvgIpc) is 3.50. The third kappa shape index (κ3) is 3.57. The van der Waals surface area contributed by atoms with Crippen molar-refractivity contribution in [1.29, 1.82) is 0 Å². The molecule has 2 heterocycles. The van der Waals surface area contributed by atoms with Crippen LogP contribution in [0.25, 0.3) is 10.9 Å². The molecule has 2 aliphatic rings. The van der Waals surface area contributed by atoms with Crippen molar-refractivity contribution in [2.75, 3.05) is 6.54 Å². The molecular formula is C24H25F3N2. The van der Waals surface area contributed by atoms with Crippen LogP contribution < -0.4 is 0 Å². The monoisotopic (exact) mass is 398 g/mol. The van der Waals surface area contributed by atoms with Gasteiger partial charge in [0.2, 0.25) is 0 Å². The molecule has 0 spiro atoms. The van der Waals surface area contributed by atoms with E-state index in [0.717, 1.165) is 44.1 Å². The van der Waals surface area contributed by atoms with Crippen LogP contribution in [0.4, 0.5) is 13.2 Å². The zero-order chi connectivity index (χ0) is 20.2. The van der Waals surface area contributed by atoms with Crippen molar-refractivity contribution in [2.24, 2.45) is 0 Å². The molecule has 0 radical (unpaired) electrons. The van der Waals surface area contributed by atoms with E-state index < -0.39 is 11.7 Å². The molecule has 3 aromatic rings. The fraction of sp³-hybridized carbons (Fsp3) is 0.417. The second kappa shape index (κ2) is 6.91. The van der Waals surface area contributed by atoms with Crippen molar-refractivity contribution in [1.82, 2.24) is 9.47 Å². The Morgan fingerprint density at radius 1 is 1.03 bits per heavy atom.